The van der Waals surface area contributed by atoms with Gasteiger partial charge < -0.3 is 30.1 Å². The van der Waals surface area contributed by atoms with Crippen LogP contribution < -0.4 is 10.1 Å². The Labute approximate surface area is 195 Å². The first-order valence-corrected chi connectivity index (χ1v) is 11.2. The number of hydrogen-bond donors (Lipinski definition) is 4. The second kappa shape index (κ2) is 13.0. The molecular weight excluding hydrogens is 418 g/mol. The molecule has 0 unspecified atom stereocenters. The lowest BCUT2D eigenvalue weighted by Gasteiger charge is -2.18. The second-order valence-electron chi connectivity index (χ2n) is 8.11. The lowest BCUT2D eigenvalue weighted by molar-refractivity contribution is 0.0889. The van der Waals surface area contributed by atoms with E-state index in [4.69, 9.17) is 9.47 Å². The van der Waals surface area contributed by atoms with E-state index in [2.05, 4.69) is 12.2 Å². The highest BCUT2D eigenvalue weighted by molar-refractivity contribution is 5.36. The average molecular weight is 452 g/mol. The molecule has 0 saturated heterocycles. The van der Waals surface area contributed by atoms with Gasteiger partial charge in [-0.25, -0.2) is 0 Å². The van der Waals surface area contributed by atoms with Crippen molar-refractivity contribution in [3.63, 3.8) is 0 Å². The number of aliphatic hydroxyl groups is 2. The molecule has 3 rings (SSSR count). The number of benzene rings is 3. The van der Waals surface area contributed by atoms with E-state index in [1.54, 1.807) is 12.1 Å². The molecule has 0 radical (unpaired) electrons. The van der Waals surface area contributed by atoms with Crippen LogP contribution >= 0.6 is 0 Å². The van der Waals surface area contributed by atoms with Crippen LogP contribution in [-0.4, -0.2) is 41.1 Å². The number of aromatic hydroxyl groups is 1. The standard InChI is InChI=1S/C27H33NO5/c1-20(28-17-27(31)23-9-12-26(30)24(16-23)18-29)15-21-7-10-25(11-8-21)33-14-13-32-19-22-5-3-2-4-6-22/h2-12,16,20,27-31H,13-15,17-19H2,1H3/t20-,27+/m1/s1. The molecule has 0 aliphatic carbocycles. The van der Waals surface area contributed by atoms with Gasteiger partial charge in [-0.3, -0.25) is 0 Å². The molecule has 0 spiro atoms. The van der Waals surface area contributed by atoms with E-state index in [0.29, 0.717) is 37.5 Å². The lowest BCUT2D eigenvalue weighted by atomic mass is 10.0. The summed E-state index contributed by atoms with van der Waals surface area (Å²) in [6.45, 7) is 3.78. The van der Waals surface area contributed by atoms with Gasteiger partial charge in [0.2, 0.25) is 0 Å². The zero-order valence-corrected chi connectivity index (χ0v) is 19.0. The quantitative estimate of drug-likeness (QED) is 0.296. The van der Waals surface area contributed by atoms with E-state index in [0.717, 1.165) is 17.7 Å². The molecule has 4 N–H and O–H groups in total. The molecule has 3 aromatic rings. The molecule has 33 heavy (non-hydrogen) atoms. The van der Waals surface area contributed by atoms with Crippen molar-refractivity contribution in [2.75, 3.05) is 19.8 Å². The van der Waals surface area contributed by atoms with Crippen LogP contribution in [0.1, 0.15) is 35.3 Å². The Morgan fingerprint density at radius 1 is 0.909 bits per heavy atom. The van der Waals surface area contributed by atoms with Gasteiger partial charge >= 0.3 is 0 Å². The number of nitrogens with one attached hydrogen (secondary N) is 1. The monoisotopic (exact) mass is 451 g/mol. The van der Waals surface area contributed by atoms with Gasteiger partial charge in [-0.15, -0.1) is 0 Å². The Morgan fingerprint density at radius 3 is 2.39 bits per heavy atom. The summed E-state index contributed by atoms with van der Waals surface area (Å²) in [6.07, 6.45) is 0.0863. The maximum atomic E-state index is 10.4. The summed E-state index contributed by atoms with van der Waals surface area (Å²) in [6, 6.07) is 23.0. The summed E-state index contributed by atoms with van der Waals surface area (Å²) in [5.41, 5.74) is 3.38. The fourth-order valence-electron chi connectivity index (χ4n) is 3.50. The summed E-state index contributed by atoms with van der Waals surface area (Å²) in [7, 11) is 0. The van der Waals surface area contributed by atoms with Gasteiger partial charge in [0, 0.05) is 18.2 Å². The maximum absolute atomic E-state index is 10.4. The Hall–Kier alpha value is -2.90. The Morgan fingerprint density at radius 2 is 1.67 bits per heavy atom. The first-order valence-electron chi connectivity index (χ1n) is 11.2. The van der Waals surface area contributed by atoms with E-state index in [1.165, 1.54) is 11.6 Å². The number of ether oxygens (including phenoxy) is 2. The fraction of sp³-hybridized carbons (Fsp3) is 0.333. The minimum Gasteiger partial charge on any atom is -0.508 e. The molecule has 3 aromatic carbocycles. The molecule has 0 aromatic heterocycles. The van der Waals surface area contributed by atoms with E-state index < -0.39 is 6.10 Å². The topological polar surface area (TPSA) is 91.2 Å². The molecule has 0 aliphatic heterocycles. The second-order valence-corrected chi connectivity index (χ2v) is 8.11. The van der Waals surface area contributed by atoms with Gasteiger partial charge in [0.25, 0.3) is 0 Å². The molecule has 176 valence electrons. The van der Waals surface area contributed by atoms with Crippen molar-refractivity contribution in [3.05, 3.63) is 95.1 Å². The first kappa shape index (κ1) is 24.7. The van der Waals surface area contributed by atoms with Crippen LogP contribution in [0.3, 0.4) is 0 Å². The summed E-state index contributed by atoms with van der Waals surface area (Å²) in [5.74, 6) is 0.840. The van der Waals surface area contributed by atoms with Crippen LogP contribution in [0.2, 0.25) is 0 Å². The molecule has 0 fully saturated rings. The maximum Gasteiger partial charge on any atom is 0.121 e. The minimum absolute atomic E-state index is 0.0295. The van der Waals surface area contributed by atoms with Gasteiger partial charge in [-0.1, -0.05) is 48.5 Å². The first-order chi connectivity index (χ1) is 16.0. The Kier molecular flexibility index (Phi) is 9.72. The molecule has 2 atom stereocenters. The van der Waals surface area contributed by atoms with Crippen molar-refractivity contribution in [1.29, 1.82) is 0 Å². The molecular formula is C27H33NO5. The van der Waals surface area contributed by atoms with Crippen LogP contribution in [0.4, 0.5) is 0 Å². The summed E-state index contributed by atoms with van der Waals surface area (Å²) in [5, 5.41) is 32.7. The van der Waals surface area contributed by atoms with Crippen molar-refractivity contribution in [1.82, 2.24) is 5.32 Å². The highest BCUT2D eigenvalue weighted by atomic mass is 16.5. The minimum atomic E-state index is -0.724. The lowest BCUT2D eigenvalue weighted by Crippen LogP contribution is -2.32. The SMILES string of the molecule is C[C@H](Cc1ccc(OCCOCc2ccccc2)cc1)NC[C@H](O)c1ccc(O)c(CO)c1. The molecule has 0 saturated carbocycles. The average Bonchev–Trinajstić information content (AvgIpc) is 2.84. The van der Waals surface area contributed by atoms with Gasteiger partial charge in [-0.05, 0) is 54.3 Å². The highest BCUT2D eigenvalue weighted by Crippen LogP contribution is 2.22. The number of hydrogen-bond acceptors (Lipinski definition) is 6. The summed E-state index contributed by atoms with van der Waals surface area (Å²) >= 11 is 0. The van der Waals surface area contributed by atoms with E-state index in [9.17, 15) is 15.3 Å². The molecule has 6 heteroatoms. The normalized spacial score (nSPS) is 12.9. The predicted octanol–water partition coefficient (Wildman–Crippen LogP) is 3.73. The van der Waals surface area contributed by atoms with Gasteiger partial charge in [0.05, 0.1) is 25.9 Å². The fourth-order valence-corrected chi connectivity index (χ4v) is 3.50. The van der Waals surface area contributed by atoms with E-state index in [-0.39, 0.29) is 18.4 Å². The van der Waals surface area contributed by atoms with Crippen LogP contribution in [0.25, 0.3) is 0 Å². The summed E-state index contributed by atoms with van der Waals surface area (Å²) < 4.78 is 11.4. The third-order valence-electron chi connectivity index (χ3n) is 5.39. The smallest absolute Gasteiger partial charge is 0.121 e. The molecule has 0 aliphatic rings. The molecule has 0 bridgehead atoms. The van der Waals surface area contributed by atoms with Crippen molar-refractivity contribution in [3.8, 4) is 11.5 Å². The molecule has 6 nitrogen and oxygen atoms in total. The van der Waals surface area contributed by atoms with Crippen LogP contribution in [-0.2, 0) is 24.4 Å². The largest absolute Gasteiger partial charge is 0.508 e. The highest BCUT2D eigenvalue weighted by Gasteiger charge is 2.12. The van der Waals surface area contributed by atoms with Crippen LogP contribution in [0.5, 0.6) is 11.5 Å². The Bertz CT molecular complexity index is 962. The molecule has 0 heterocycles. The van der Waals surface area contributed by atoms with Crippen molar-refractivity contribution < 1.29 is 24.8 Å². The third kappa shape index (κ3) is 8.18. The van der Waals surface area contributed by atoms with Crippen molar-refractivity contribution >= 4 is 0 Å². The van der Waals surface area contributed by atoms with Crippen molar-refractivity contribution in [2.45, 2.75) is 38.7 Å². The van der Waals surface area contributed by atoms with Crippen molar-refractivity contribution in [2.24, 2.45) is 0 Å². The Balaban J connectivity index is 1.35. The molecule has 0 amide bonds. The number of aliphatic hydroxyl groups excluding tert-OH is 2. The zero-order valence-electron chi connectivity index (χ0n) is 19.0. The van der Waals surface area contributed by atoms with Crippen LogP contribution in [0, 0.1) is 0 Å². The zero-order chi connectivity index (χ0) is 23.5. The van der Waals surface area contributed by atoms with Gasteiger partial charge in [-0.2, -0.15) is 0 Å². The number of rotatable bonds is 13. The summed E-state index contributed by atoms with van der Waals surface area (Å²) in [4.78, 5) is 0. The van der Waals surface area contributed by atoms with Gasteiger partial charge in [0.15, 0.2) is 0 Å². The van der Waals surface area contributed by atoms with E-state index >= 15 is 0 Å². The number of phenols is 1. The van der Waals surface area contributed by atoms with Crippen LogP contribution in [0.15, 0.2) is 72.8 Å². The third-order valence-corrected chi connectivity index (χ3v) is 5.39. The van der Waals surface area contributed by atoms with E-state index in [1.807, 2.05) is 54.6 Å². The predicted molar refractivity (Wildman–Crippen MR) is 128 cm³/mol. The van der Waals surface area contributed by atoms with Gasteiger partial charge in [0.1, 0.15) is 18.1 Å².